The van der Waals surface area contributed by atoms with Crippen LogP contribution < -0.4 is 5.73 Å². The van der Waals surface area contributed by atoms with Crippen LogP contribution in [0.2, 0.25) is 5.02 Å². The number of non-ortho nitro benzene ring substituents is 1. The maximum atomic E-state index is 10.7. The molecule has 0 heterocycles. The zero-order valence-electron chi connectivity index (χ0n) is 9.47. The molecule has 0 aliphatic rings. The van der Waals surface area contributed by atoms with Crippen LogP contribution in [-0.2, 0) is 6.42 Å². The molecule has 2 aromatic carbocycles. The number of nitrogens with zero attached hydrogens (tertiary/aromatic N) is 1. The van der Waals surface area contributed by atoms with Crippen molar-refractivity contribution < 1.29 is 4.92 Å². The summed E-state index contributed by atoms with van der Waals surface area (Å²) in [5.74, 6) is 0. The van der Waals surface area contributed by atoms with E-state index in [0.717, 1.165) is 5.56 Å². The fourth-order valence-corrected chi connectivity index (χ4v) is 1.91. The summed E-state index contributed by atoms with van der Waals surface area (Å²) in [7, 11) is 0. The molecular weight excluding hydrogens is 252 g/mol. The highest BCUT2D eigenvalue weighted by molar-refractivity contribution is 6.31. The van der Waals surface area contributed by atoms with Crippen molar-refractivity contribution in [2.45, 2.75) is 6.42 Å². The van der Waals surface area contributed by atoms with Gasteiger partial charge in [0.2, 0.25) is 0 Å². The van der Waals surface area contributed by atoms with Crippen molar-refractivity contribution in [1.29, 1.82) is 0 Å². The van der Waals surface area contributed by atoms with E-state index < -0.39 is 4.92 Å². The number of hydrogen-bond donors (Lipinski definition) is 1. The molecule has 92 valence electrons. The average Bonchev–Trinajstić information content (AvgIpc) is 2.34. The van der Waals surface area contributed by atoms with E-state index in [1.807, 2.05) is 18.2 Å². The minimum Gasteiger partial charge on any atom is -0.398 e. The number of nitrogens with two attached hydrogens (primary N) is 1. The summed E-state index contributed by atoms with van der Waals surface area (Å²) in [5.41, 5.74) is 7.98. The monoisotopic (exact) mass is 262 g/mol. The summed E-state index contributed by atoms with van der Waals surface area (Å²) in [4.78, 5) is 10.3. The van der Waals surface area contributed by atoms with E-state index in [1.165, 1.54) is 12.1 Å². The van der Waals surface area contributed by atoms with Gasteiger partial charge in [-0.05, 0) is 23.3 Å². The summed E-state index contributed by atoms with van der Waals surface area (Å²) >= 11 is 6.05. The Morgan fingerprint density at radius 3 is 2.56 bits per heavy atom. The van der Waals surface area contributed by atoms with Gasteiger partial charge in [0.1, 0.15) is 0 Å². The molecule has 0 spiro atoms. The SMILES string of the molecule is Nc1ccc([N+](=O)[O-])cc1Cc1ccccc1Cl. The first-order chi connectivity index (χ1) is 8.58. The molecule has 0 amide bonds. The maximum Gasteiger partial charge on any atom is 0.269 e. The van der Waals surface area contributed by atoms with Crippen molar-refractivity contribution >= 4 is 23.0 Å². The van der Waals surface area contributed by atoms with E-state index in [-0.39, 0.29) is 5.69 Å². The molecule has 0 atom stereocenters. The van der Waals surface area contributed by atoms with Gasteiger partial charge in [-0.3, -0.25) is 10.1 Å². The molecule has 0 aliphatic heterocycles. The van der Waals surface area contributed by atoms with Gasteiger partial charge in [0, 0.05) is 29.3 Å². The van der Waals surface area contributed by atoms with E-state index in [2.05, 4.69) is 0 Å². The van der Waals surface area contributed by atoms with Crippen LogP contribution in [0.25, 0.3) is 0 Å². The van der Waals surface area contributed by atoms with Gasteiger partial charge in [0.25, 0.3) is 5.69 Å². The van der Waals surface area contributed by atoms with E-state index >= 15 is 0 Å². The Labute approximate surface area is 109 Å². The van der Waals surface area contributed by atoms with Gasteiger partial charge in [0.15, 0.2) is 0 Å². The van der Waals surface area contributed by atoms with Crippen molar-refractivity contribution in [3.05, 3.63) is 68.7 Å². The Kier molecular flexibility index (Phi) is 3.48. The molecule has 0 saturated heterocycles. The number of anilines is 1. The van der Waals surface area contributed by atoms with E-state index in [4.69, 9.17) is 17.3 Å². The molecule has 0 aromatic heterocycles. The highest BCUT2D eigenvalue weighted by atomic mass is 35.5. The minimum absolute atomic E-state index is 0.0336. The quantitative estimate of drug-likeness (QED) is 0.523. The minimum atomic E-state index is -0.435. The second-order valence-electron chi connectivity index (χ2n) is 3.91. The Hall–Kier alpha value is -2.07. The smallest absolute Gasteiger partial charge is 0.269 e. The molecule has 0 saturated carbocycles. The van der Waals surface area contributed by atoms with Crippen LogP contribution in [0.15, 0.2) is 42.5 Å². The van der Waals surface area contributed by atoms with Crippen molar-refractivity contribution in [2.24, 2.45) is 0 Å². The lowest BCUT2D eigenvalue weighted by atomic mass is 10.0. The first kappa shape index (κ1) is 12.4. The lowest BCUT2D eigenvalue weighted by molar-refractivity contribution is -0.384. The number of nitrogen functional groups attached to an aromatic ring is 1. The van der Waals surface area contributed by atoms with Crippen LogP contribution in [0.4, 0.5) is 11.4 Å². The second kappa shape index (κ2) is 5.06. The number of halogens is 1. The average molecular weight is 263 g/mol. The molecule has 2 N–H and O–H groups in total. The van der Waals surface area contributed by atoms with Crippen LogP contribution in [0, 0.1) is 10.1 Å². The van der Waals surface area contributed by atoms with Gasteiger partial charge in [-0.15, -0.1) is 0 Å². The fraction of sp³-hybridized carbons (Fsp3) is 0.0769. The molecule has 0 bridgehead atoms. The Balaban J connectivity index is 2.37. The molecule has 0 radical (unpaired) electrons. The van der Waals surface area contributed by atoms with E-state index in [9.17, 15) is 10.1 Å². The molecule has 0 unspecified atom stereocenters. The third-order valence-corrected chi connectivity index (χ3v) is 3.04. The summed E-state index contributed by atoms with van der Waals surface area (Å²) < 4.78 is 0. The van der Waals surface area contributed by atoms with Crippen LogP contribution in [0.5, 0.6) is 0 Å². The lowest BCUT2D eigenvalue weighted by Gasteiger charge is -2.07. The third kappa shape index (κ3) is 2.60. The predicted molar refractivity (Wildman–Crippen MR) is 71.8 cm³/mol. The summed E-state index contributed by atoms with van der Waals surface area (Å²) in [5, 5.41) is 11.4. The summed E-state index contributed by atoms with van der Waals surface area (Å²) in [6.07, 6.45) is 0.479. The molecule has 4 nitrogen and oxygen atoms in total. The Bertz CT molecular complexity index is 599. The molecule has 5 heteroatoms. The molecule has 18 heavy (non-hydrogen) atoms. The van der Waals surface area contributed by atoms with Gasteiger partial charge >= 0.3 is 0 Å². The van der Waals surface area contributed by atoms with Gasteiger partial charge < -0.3 is 5.73 Å². The van der Waals surface area contributed by atoms with Crippen molar-refractivity contribution in [3.8, 4) is 0 Å². The van der Waals surface area contributed by atoms with Gasteiger partial charge in [0.05, 0.1) is 4.92 Å². The predicted octanol–water partition coefficient (Wildman–Crippen LogP) is 3.42. The number of rotatable bonds is 3. The van der Waals surface area contributed by atoms with Crippen LogP contribution >= 0.6 is 11.6 Å². The number of nitro benzene ring substituents is 1. The van der Waals surface area contributed by atoms with Crippen LogP contribution in [-0.4, -0.2) is 4.92 Å². The standard InChI is InChI=1S/C13H11ClN2O2/c14-12-4-2-1-3-9(12)7-10-8-11(16(17)18)5-6-13(10)15/h1-6,8H,7,15H2. The Morgan fingerprint density at radius 2 is 1.89 bits per heavy atom. The number of hydrogen-bond acceptors (Lipinski definition) is 3. The molecule has 0 aliphatic carbocycles. The number of benzene rings is 2. The first-order valence-electron chi connectivity index (χ1n) is 5.34. The van der Waals surface area contributed by atoms with E-state index in [0.29, 0.717) is 22.7 Å². The third-order valence-electron chi connectivity index (χ3n) is 2.68. The second-order valence-corrected chi connectivity index (χ2v) is 4.32. The Morgan fingerprint density at radius 1 is 1.17 bits per heavy atom. The molecule has 2 aromatic rings. The van der Waals surface area contributed by atoms with Crippen LogP contribution in [0.1, 0.15) is 11.1 Å². The number of nitro groups is 1. The first-order valence-corrected chi connectivity index (χ1v) is 5.72. The fourth-order valence-electron chi connectivity index (χ4n) is 1.71. The summed E-state index contributed by atoms with van der Waals surface area (Å²) in [6.45, 7) is 0. The molecule has 2 rings (SSSR count). The van der Waals surface area contributed by atoms with Crippen molar-refractivity contribution in [3.63, 3.8) is 0 Å². The lowest BCUT2D eigenvalue weighted by Crippen LogP contribution is -1.98. The normalized spacial score (nSPS) is 10.3. The van der Waals surface area contributed by atoms with Crippen molar-refractivity contribution in [1.82, 2.24) is 0 Å². The highest BCUT2D eigenvalue weighted by Gasteiger charge is 2.10. The molecular formula is C13H11ClN2O2. The largest absolute Gasteiger partial charge is 0.398 e. The van der Waals surface area contributed by atoms with Gasteiger partial charge in [-0.2, -0.15) is 0 Å². The highest BCUT2D eigenvalue weighted by Crippen LogP contribution is 2.25. The van der Waals surface area contributed by atoms with Gasteiger partial charge in [-0.1, -0.05) is 29.8 Å². The van der Waals surface area contributed by atoms with Crippen molar-refractivity contribution in [2.75, 3.05) is 5.73 Å². The van der Waals surface area contributed by atoms with Gasteiger partial charge in [-0.25, -0.2) is 0 Å². The van der Waals surface area contributed by atoms with Crippen LogP contribution in [0.3, 0.4) is 0 Å². The zero-order chi connectivity index (χ0) is 13.1. The molecule has 0 fully saturated rings. The van der Waals surface area contributed by atoms with E-state index in [1.54, 1.807) is 12.1 Å². The summed E-state index contributed by atoms with van der Waals surface area (Å²) in [6, 6.07) is 11.8. The topological polar surface area (TPSA) is 69.2 Å². The maximum absolute atomic E-state index is 10.7. The zero-order valence-corrected chi connectivity index (χ0v) is 10.2.